The van der Waals surface area contributed by atoms with Crippen LogP contribution in [0.1, 0.15) is 17.3 Å². The highest BCUT2D eigenvalue weighted by Gasteiger charge is 2.33. The molecule has 0 saturated carbocycles. The third kappa shape index (κ3) is 3.97. The molecule has 3 aromatic rings. The largest absolute Gasteiger partial charge is 0.497 e. The molecule has 4 rings (SSSR count). The zero-order valence-electron chi connectivity index (χ0n) is 16.3. The zero-order valence-corrected chi connectivity index (χ0v) is 18.7. The van der Waals surface area contributed by atoms with Gasteiger partial charge in [-0.1, -0.05) is 15.9 Å². The van der Waals surface area contributed by atoms with Crippen LogP contribution < -0.4 is 14.8 Å². The highest BCUT2D eigenvalue weighted by molar-refractivity contribution is 9.10. The van der Waals surface area contributed by atoms with E-state index in [0.717, 1.165) is 40.3 Å². The number of hydrogen-bond donors (Lipinski definition) is 1. The molecule has 1 unspecified atom stereocenters. The van der Waals surface area contributed by atoms with Gasteiger partial charge in [0.05, 0.1) is 14.2 Å². The van der Waals surface area contributed by atoms with Crippen molar-refractivity contribution in [3.05, 3.63) is 76.5 Å². The molecule has 1 N–H and O–H groups in total. The van der Waals surface area contributed by atoms with Crippen molar-refractivity contribution in [3.63, 3.8) is 0 Å². The van der Waals surface area contributed by atoms with Gasteiger partial charge in [-0.15, -0.1) is 0 Å². The van der Waals surface area contributed by atoms with Gasteiger partial charge in [-0.2, -0.15) is 0 Å². The summed E-state index contributed by atoms with van der Waals surface area (Å²) >= 11 is 9.30. The second-order valence-corrected chi connectivity index (χ2v) is 8.07. The summed E-state index contributed by atoms with van der Waals surface area (Å²) < 4.78 is 14.5. The van der Waals surface area contributed by atoms with Gasteiger partial charge in [0.2, 0.25) is 0 Å². The fourth-order valence-corrected chi connectivity index (χ4v) is 4.29. The molecule has 0 saturated heterocycles. The molecule has 0 radical (unpaired) electrons. The highest BCUT2D eigenvalue weighted by Crippen LogP contribution is 2.39. The lowest BCUT2D eigenvalue weighted by atomic mass is 9.99. The molecule has 29 heavy (non-hydrogen) atoms. The average Bonchev–Trinajstić information content (AvgIpc) is 3.23. The molecule has 0 bridgehead atoms. The first-order valence-electron chi connectivity index (χ1n) is 9.31. The number of ether oxygens (including phenoxy) is 2. The smallest absolute Gasteiger partial charge is 0.174 e. The van der Waals surface area contributed by atoms with Crippen molar-refractivity contribution in [3.8, 4) is 11.5 Å². The molecule has 0 spiro atoms. The lowest BCUT2D eigenvalue weighted by Crippen LogP contribution is -2.44. The van der Waals surface area contributed by atoms with E-state index in [1.807, 2.05) is 42.5 Å². The molecule has 1 aliphatic heterocycles. The van der Waals surface area contributed by atoms with Gasteiger partial charge in [-0.05, 0) is 66.8 Å². The van der Waals surface area contributed by atoms with Crippen molar-refractivity contribution in [1.82, 2.24) is 9.47 Å². The van der Waals surface area contributed by atoms with E-state index in [2.05, 4.69) is 49.0 Å². The van der Waals surface area contributed by atoms with Crippen LogP contribution in [0.3, 0.4) is 0 Å². The Balaban J connectivity index is 1.73. The van der Waals surface area contributed by atoms with Gasteiger partial charge < -0.3 is 24.3 Å². The minimum absolute atomic E-state index is 0.0840. The van der Waals surface area contributed by atoms with Crippen molar-refractivity contribution in [2.45, 2.75) is 12.6 Å². The first kappa shape index (κ1) is 19.8. The molecule has 2 heterocycles. The van der Waals surface area contributed by atoms with Crippen molar-refractivity contribution in [2.75, 3.05) is 26.1 Å². The summed E-state index contributed by atoms with van der Waals surface area (Å²) in [5.74, 6) is 1.60. The summed E-state index contributed by atoms with van der Waals surface area (Å²) in [4.78, 5) is 2.21. The fraction of sp³-hybridized carbons (Fsp3) is 0.227. The molecule has 7 heteroatoms. The van der Waals surface area contributed by atoms with E-state index in [4.69, 9.17) is 21.7 Å². The van der Waals surface area contributed by atoms with Crippen LogP contribution in [0, 0.1) is 0 Å². The summed E-state index contributed by atoms with van der Waals surface area (Å²) in [6.45, 7) is 1.66. The Morgan fingerprint density at radius 3 is 2.59 bits per heavy atom. The number of nitrogens with zero attached hydrogens (tertiary/aromatic N) is 2. The maximum atomic E-state index is 5.83. The maximum absolute atomic E-state index is 5.83. The van der Waals surface area contributed by atoms with E-state index in [-0.39, 0.29) is 6.04 Å². The number of halogens is 1. The lowest BCUT2D eigenvalue weighted by Gasteiger charge is -2.39. The van der Waals surface area contributed by atoms with Gasteiger partial charge in [0.15, 0.2) is 5.11 Å². The Labute approximate surface area is 184 Å². The average molecular weight is 472 g/mol. The van der Waals surface area contributed by atoms with Crippen LogP contribution in [0.2, 0.25) is 0 Å². The van der Waals surface area contributed by atoms with E-state index in [1.54, 1.807) is 14.2 Å². The highest BCUT2D eigenvalue weighted by atomic mass is 79.9. The summed E-state index contributed by atoms with van der Waals surface area (Å²) in [5, 5.41) is 4.06. The number of anilines is 1. The van der Waals surface area contributed by atoms with Gasteiger partial charge in [0.1, 0.15) is 17.5 Å². The van der Waals surface area contributed by atoms with Crippen molar-refractivity contribution >= 4 is 38.9 Å². The number of methoxy groups -OCH3 is 2. The number of aromatic nitrogens is 1. The topological polar surface area (TPSA) is 38.7 Å². The summed E-state index contributed by atoms with van der Waals surface area (Å²) in [7, 11) is 3.36. The van der Waals surface area contributed by atoms with Gasteiger partial charge in [0, 0.05) is 40.7 Å². The summed E-state index contributed by atoms with van der Waals surface area (Å²) in [6, 6.07) is 18.0. The molecule has 1 aliphatic rings. The van der Waals surface area contributed by atoms with E-state index < -0.39 is 0 Å². The number of hydrogen-bond acceptors (Lipinski definition) is 3. The molecule has 5 nitrogen and oxygen atoms in total. The minimum atomic E-state index is -0.0840. The van der Waals surface area contributed by atoms with Crippen LogP contribution in [-0.2, 0) is 6.54 Å². The second-order valence-electron chi connectivity index (χ2n) is 6.77. The molecule has 2 aromatic carbocycles. The van der Waals surface area contributed by atoms with Crippen LogP contribution in [0.25, 0.3) is 0 Å². The summed E-state index contributed by atoms with van der Waals surface area (Å²) in [5.41, 5.74) is 3.14. The molecular weight excluding hydrogens is 450 g/mol. The first-order valence-corrected chi connectivity index (χ1v) is 10.5. The van der Waals surface area contributed by atoms with E-state index in [9.17, 15) is 0 Å². The molecular formula is C22H22BrN3O2S. The van der Waals surface area contributed by atoms with Crippen LogP contribution in [0.15, 0.2) is 65.3 Å². The normalized spacial score (nSPS) is 15.6. The minimum Gasteiger partial charge on any atom is -0.497 e. The van der Waals surface area contributed by atoms with Crippen molar-refractivity contribution in [1.29, 1.82) is 0 Å². The van der Waals surface area contributed by atoms with Crippen LogP contribution >= 0.6 is 28.1 Å². The number of nitrogens with one attached hydrogen (secondary N) is 1. The van der Waals surface area contributed by atoms with E-state index in [1.165, 1.54) is 5.69 Å². The predicted octanol–water partition coefficient (Wildman–Crippen LogP) is 5.07. The van der Waals surface area contributed by atoms with Crippen LogP contribution in [0.5, 0.6) is 11.5 Å². The number of benzene rings is 2. The SMILES string of the molecule is COc1ccc(OC)c(C2c3cccn3CCN2C(=S)Nc2ccc(Br)cc2)c1. The number of rotatable bonds is 4. The van der Waals surface area contributed by atoms with Gasteiger partial charge >= 0.3 is 0 Å². The molecule has 1 aromatic heterocycles. The fourth-order valence-electron chi connectivity index (χ4n) is 3.71. The standard InChI is InChI=1S/C22H22BrN3O2S/c1-27-17-9-10-20(28-2)18(14-17)21-19-4-3-11-25(19)12-13-26(21)22(29)24-16-7-5-15(23)6-8-16/h3-11,14,21H,12-13H2,1-2H3,(H,24,29). The van der Waals surface area contributed by atoms with Gasteiger partial charge in [0.25, 0.3) is 0 Å². The van der Waals surface area contributed by atoms with Gasteiger partial charge in [-0.25, -0.2) is 0 Å². The Kier molecular flexibility index (Phi) is 5.78. The van der Waals surface area contributed by atoms with Crippen molar-refractivity contribution < 1.29 is 9.47 Å². The van der Waals surface area contributed by atoms with E-state index >= 15 is 0 Å². The Morgan fingerprint density at radius 1 is 1.07 bits per heavy atom. The Morgan fingerprint density at radius 2 is 1.86 bits per heavy atom. The third-order valence-electron chi connectivity index (χ3n) is 5.13. The van der Waals surface area contributed by atoms with Gasteiger partial charge in [-0.3, -0.25) is 0 Å². The van der Waals surface area contributed by atoms with Crippen molar-refractivity contribution in [2.24, 2.45) is 0 Å². The lowest BCUT2D eigenvalue weighted by molar-refractivity contribution is 0.284. The molecule has 0 aliphatic carbocycles. The number of thiocarbonyl (C=S) groups is 1. The Hall–Kier alpha value is -2.51. The monoisotopic (exact) mass is 471 g/mol. The Bertz CT molecular complexity index is 1020. The van der Waals surface area contributed by atoms with E-state index in [0.29, 0.717) is 5.11 Å². The molecule has 150 valence electrons. The van der Waals surface area contributed by atoms with Crippen LogP contribution in [0.4, 0.5) is 5.69 Å². The zero-order chi connectivity index (χ0) is 20.4. The maximum Gasteiger partial charge on any atom is 0.174 e. The predicted molar refractivity (Wildman–Crippen MR) is 123 cm³/mol. The second kappa shape index (κ2) is 8.47. The summed E-state index contributed by atoms with van der Waals surface area (Å²) in [6.07, 6.45) is 2.11. The quantitative estimate of drug-likeness (QED) is 0.537. The third-order valence-corrected chi connectivity index (χ3v) is 5.99. The van der Waals surface area contributed by atoms with Crippen LogP contribution in [-0.4, -0.2) is 35.3 Å². The molecule has 1 atom stereocenters. The molecule has 0 fully saturated rings. The first-order chi connectivity index (χ1) is 14.1. The molecule has 0 amide bonds. The number of fused-ring (bicyclic) bond motifs is 1.